The number of aliphatic hydroxyl groups excluding tert-OH is 2. The highest BCUT2D eigenvalue weighted by molar-refractivity contribution is 7.16. The first-order chi connectivity index (χ1) is 18.0. The van der Waals surface area contributed by atoms with E-state index in [0.717, 1.165) is 31.0 Å². The molecule has 0 spiro atoms. The molecule has 4 aromatic rings. The zero-order valence-electron chi connectivity index (χ0n) is 20.6. The van der Waals surface area contributed by atoms with Gasteiger partial charge in [-0.3, -0.25) is 15.0 Å². The summed E-state index contributed by atoms with van der Waals surface area (Å²) in [5, 5.41) is 34.2. The second kappa shape index (κ2) is 11.6. The summed E-state index contributed by atoms with van der Waals surface area (Å²) in [5.74, 6) is 0.585. The van der Waals surface area contributed by atoms with Gasteiger partial charge in [-0.2, -0.15) is 0 Å². The molecule has 37 heavy (non-hydrogen) atoms. The minimum Gasteiger partial charge on any atom is -0.506 e. The number of phenols is 1. The molecule has 2 unspecified atom stereocenters. The van der Waals surface area contributed by atoms with Gasteiger partial charge in [0.1, 0.15) is 23.6 Å². The van der Waals surface area contributed by atoms with E-state index >= 15 is 0 Å². The van der Waals surface area contributed by atoms with E-state index in [1.807, 2.05) is 0 Å². The average molecular weight is 520 g/mol. The Balaban J connectivity index is 1.12. The first kappa shape index (κ1) is 25.6. The van der Waals surface area contributed by atoms with E-state index in [-0.39, 0.29) is 16.1 Å². The Labute approximate surface area is 220 Å². The predicted octanol–water partition coefficient (Wildman–Crippen LogP) is 3.86. The van der Waals surface area contributed by atoms with Crippen LogP contribution in [-0.2, 0) is 13.0 Å². The van der Waals surface area contributed by atoms with Gasteiger partial charge in [0, 0.05) is 18.7 Å². The van der Waals surface area contributed by atoms with Crippen molar-refractivity contribution < 1.29 is 15.3 Å². The van der Waals surface area contributed by atoms with Crippen molar-refractivity contribution >= 4 is 21.6 Å². The van der Waals surface area contributed by atoms with Gasteiger partial charge in [0.2, 0.25) is 0 Å². The zero-order valence-corrected chi connectivity index (χ0v) is 21.5. The Morgan fingerprint density at radius 2 is 1.76 bits per heavy atom. The normalized spacial score (nSPS) is 16.7. The quantitative estimate of drug-likeness (QED) is 0.215. The van der Waals surface area contributed by atoms with E-state index in [4.69, 9.17) is 0 Å². The van der Waals surface area contributed by atoms with Crippen LogP contribution in [0.4, 0.5) is 0 Å². The van der Waals surface area contributed by atoms with Crippen LogP contribution in [0.2, 0.25) is 0 Å². The molecule has 5 rings (SSSR count). The first-order valence-corrected chi connectivity index (χ1v) is 13.6. The Hall–Kier alpha value is -3.01. The molecule has 3 aromatic carbocycles. The summed E-state index contributed by atoms with van der Waals surface area (Å²) >= 11 is 0.900. The molecule has 1 saturated heterocycles. The van der Waals surface area contributed by atoms with Crippen LogP contribution in [-0.4, -0.2) is 51.1 Å². The Kier molecular flexibility index (Phi) is 8.02. The minimum absolute atomic E-state index is 0.0628. The van der Waals surface area contributed by atoms with Crippen molar-refractivity contribution in [2.75, 3.05) is 19.6 Å². The molecule has 0 amide bonds. The maximum Gasteiger partial charge on any atom is 0.305 e. The third-order valence-corrected chi connectivity index (χ3v) is 8.16. The minimum atomic E-state index is -1.24. The number of nitrogens with one attached hydrogen (secondary N) is 2. The maximum absolute atomic E-state index is 11.7. The van der Waals surface area contributed by atoms with Gasteiger partial charge >= 0.3 is 4.87 Å². The number of aromatic nitrogens is 1. The highest BCUT2D eigenvalue weighted by Crippen LogP contribution is 2.32. The molecule has 2 atom stereocenters. The fraction of sp³-hybridized carbons (Fsp3) is 0.345. The van der Waals surface area contributed by atoms with Gasteiger partial charge in [0.15, 0.2) is 0 Å². The number of hydrogen-bond acceptors (Lipinski definition) is 7. The number of hydrogen-bond donors (Lipinski definition) is 5. The molecule has 0 radical (unpaired) electrons. The van der Waals surface area contributed by atoms with E-state index in [0.29, 0.717) is 29.1 Å². The van der Waals surface area contributed by atoms with Crippen molar-refractivity contribution in [1.29, 1.82) is 0 Å². The van der Waals surface area contributed by atoms with Crippen molar-refractivity contribution in [1.82, 2.24) is 15.2 Å². The monoisotopic (exact) mass is 519 g/mol. The number of piperidine rings is 1. The van der Waals surface area contributed by atoms with Crippen LogP contribution in [0.1, 0.15) is 47.1 Å². The summed E-state index contributed by atoms with van der Waals surface area (Å²) in [4.78, 5) is 16.5. The SMILES string of the molecule is O=c1[nH]c2c(O)ccc(C(O)C(O)NCCc3cccc(CN4CCC(c5ccccc5)CC4)c3)c2s1. The fourth-order valence-corrected chi connectivity index (χ4v) is 6.11. The number of fused-ring (bicyclic) bond motifs is 1. The number of nitrogens with zero attached hydrogens (tertiary/aromatic N) is 1. The number of aromatic hydroxyl groups is 1. The highest BCUT2D eigenvalue weighted by Gasteiger charge is 2.23. The predicted molar refractivity (Wildman–Crippen MR) is 147 cm³/mol. The molecule has 1 aliphatic heterocycles. The van der Waals surface area contributed by atoms with Crippen LogP contribution in [0.25, 0.3) is 10.2 Å². The van der Waals surface area contributed by atoms with E-state index in [9.17, 15) is 20.1 Å². The fourth-order valence-electron chi connectivity index (χ4n) is 5.21. The van der Waals surface area contributed by atoms with Crippen LogP contribution >= 0.6 is 11.3 Å². The van der Waals surface area contributed by atoms with Crippen molar-refractivity contribution in [2.45, 2.75) is 44.1 Å². The number of benzene rings is 3. The number of thiazole rings is 1. The smallest absolute Gasteiger partial charge is 0.305 e. The van der Waals surface area contributed by atoms with E-state index in [2.05, 4.69) is 69.8 Å². The van der Waals surface area contributed by atoms with Gasteiger partial charge in [0.25, 0.3) is 0 Å². The van der Waals surface area contributed by atoms with Crippen molar-refractivity contribution in [3.05, 3.63) is 98.7 Å². The van der Waals surface area contributed by atoms with Crippen LogP contribution in [0.15, 0.2) is 71.5 Å². The summed E-state index contributed by atoms with van der Waals surface area (Å²) in [6.45, 7) is 3.60. The third-order valence-electron chi connectivity index (χ3n) is 7.23. The number of H-pyrrole nitrogens is 1. The molecule has 0 aliphatic carbocycles. The molecule has 1 aliphatic rings. The standard InChI is InChI=1S/C29H33N3O4S/c33-24-10-9-23(27-25(24)31-29(36)37-27)26(34)28(35)30-14-11-19-5-4-6-20(17-19)18-32-15-12-22(13-16-32)21-7-2-1-3-8-21/h1-10,17,22,26,28,30,33-35H,11-16,18H2,(H,31,36). The summed E-state index contributed by atoms with van der Waals surface area (Å²) in [5.41, 5.74) is 4.57. The molecule has 0 saturated carbocycles. The molecular weight excluding hydrogens is 486 g/mol. The summed E-state index contributed by atoms with van der Waals surface area (Å²) in [7, 11) is 0. The molecular formula is C29H33N3O4S. The third kappa shape index (κ3) is 6.11. The van der Waals surface area contributed by atoms with Crippen LogP contribution in [0, 0.1) is 0 Å². The zero-order chi connectivity index (χ0) is 25.8. The van der Waals surface area contributed by atoms with Gasteiger partial charge in [-0.05, 0) is 61.0 Å². The van der Waals surface area contributed by atoms with Crippen LogP contribution in [0.5, 0.6) is 5.75 Å². The average Bonchev–Trinajstić information content (AvgIpc) is 3.32. The molecule has 194 valence electrons. The highest BCUT2D eigenvalue weighted by atomic mass is 32.1. The number of likely N-dealkylation sites (tertiary alicyclic amines) is 1. The van der Waals surface area contributed by atoms with Gasteiger partial charge in [-0.25, -0.2) is 0 Å². The second-order valence-corrected chi connectivity index (χ2v) is 10.8. The number of aliphatic hydroxyl groups is 2. The topological polar surface area (TPSA) is 109 Å². The van der Waals surface area contributed by atoms with Crippen molar-refractivity contribution in [3.63, 3.8) is 0 Å². The Morgan fingerprint density at radius 3 is 2.54 bits per heavy atom. The summed E-state index contributed by atoms with van der Waals surface area (Å²) < 4.78 is 0.443. The molecule has 0 bridgehead atoms. The van der Waals surface area contributed by atoms with Gasteiger partial charge in [-0.15, -0.1) is 0 Å². The van der Waals surface area contributed by atoms with E-state index in [1.54, 1.807) is 0 Å². The van der Waals surface area contributed by atoms with Gasteiger partial charge in [0.05, 0.1) is 4.70 Å². The molecule has 7 nitrogen and oxygen atoms in total. The lowest BCUT2D eigenvalue weighted by molar-refractivity contribution is -0.00168. The van der Waals surface area contributed by atoms with Gasteiger partial charge in [-0.1, -0.05) is 72.0 Å². The molecule has 2 heterocycles. The summed E-state index contributed by atoms with van der Waals surface area (Å²) in [6.07, 6.45) is 0.622. The first-order valence-electron chi connectivity index (χ1n) is 12.8. The lowest BCUT2D eigenvalue weighted by atomic mass is 9.89. The lowest BCUT2D eigenvalue weighted by Crippen LogP contribution is -2.36. The van der Waals surface area contributed by atoms with Crippen LogP contribution < -0.4 is 10.2 Å². The van der Waals surface area contributed by atoms with Gasteiger partial charge < -0.3 is 20.3 Å². The lowest BCUT2D eigenvalue weighted by Gasteiger charge is -2.32. The van der Waals surface area contributed by atoms with Crippen molar-refractivity contribution in [2.24, 2.45) is 0 Å². The summed E-state index contributed by atoms with van der Waals surface area (Å²) in [6, 6.07) is 22.3. The molecule has 1 aromatic heterocycles. The maximum atomic E-state index is 11.7. The number of phenolic OH excluding ortho intramolecular Hbond substituents is 1. The van der Waals surface area contributed by atoms with Crippen molar-refractivity contribution in [3.8, 4) is 5.75 Å². The molecule has 8 heteroatoms. The van der Waals surface area contributed by atoms with Crippen LogP contribution in [0.3, 0.4) is 0 Å². The number of rotatable bonds is 9. The second-order valence-electron chi connectivity index (χ2n) is 9.77. The Morgan fingerprint density at radius 1 is 1.00 bits per heavy atom. The van der Waals surface area contributed by atoms with E-state index in [1.165, 1.54) is 41.7 Å². The number of aromatic amines is 1. The molecule has 5 N–H and O–H groups in total. The van der Waals surface area contributed by atoms with E-state index < -0.39 is 12.3 Å². The molecule has 1 fully saturated rings. The Bertz CT molecular complexity index is 1380. The largest absolute Gasteiger partial charge is 0.506 e.